The summed E-state index contributed by atoms with van der Waals surface area (Å²) < 4.78 is 7.03. The lowest BCUT2D eigenvalue weighted by atomic mass is 10.0. The summed E-state index contributed by atoms with van der Waals surface area (Å²) in [5, 5.41) is 3.58. The first-order valence-electron chi connectivity index (χ1n) is 9.64. The average Bonchev–Trinajstić information content (AvgIpc) is 2.77. The van der Waals surface area contributed by atoms with Gasteiger partial charge in [-0.2, -0.15) is 0 Å². The normalized spacial score (nSPS) is 14.6. The molecule has 0 atom stereocenters. The van der Waals surface area contributed by atoms with E-state index in [1.807, 2.05) is 24.3 Å². The minimum Gasteiger partial charge on any atom is -0.495 e. The Morgan fingerprint density at radius 1 is 1.14 bits per heavy atom. The Kier molecular flexibility index (Phi) is 5.41. The summed E-state index contributed by atoms with van der Waals surface area (Å²) in [4.78, 5) is 27.5. The monoisotopic (exact) mass is 392 g/mol. The number of hydrogen-bond acceptors (Lipinski definition) is 7. The molecule has 0 bridgehead atoms. The van der Waals surface area contributed by atoms with Gasteiger partial charge in [-0.25, -0.2) is 15.0 Å². The van der Waals surface area contributed by atoms with Gasteiger partial charge in [-0.3, -0.25) is 9.36 Å². The number of ether oxygens (including phenoxy) is 1. The van der Waals surface area contributed by atoms with Gasteiger partial charge in [0, 0.05) is 38.4 Å². The van der Waals surface area contributed by atoms with Crippen LogP contribution in [0.3, 0.4) is 0 Å². The van der Waals surface area contributed by atoms with E-state index >= 15 is 0 Å². The van der Waals surface area contributed by atoms with Gasteiger partial charge in [0.15, 0.2) is 0 Å². The smallest absolute Gasteiger partial charge is 0.255 e. The minimum atomic E-state index is -0.0992. The lowest BCUT2D eigenvalue weighted by Gasteiger charge is -2.34. The number of benzene rings is 1. The largest absolute Gasteiger partial charge is 0.495 e. The summed E-state index contributed by atoms with van der Waals surface area (Å²) in [7, 11) is 3.44. The van der Waals surface area contributed by atoms with Gasteiger partial charge in [0.25, 0.3) is 5.56 Å². The summed E-state index contributed by atoms with van der Waals surface area (Å²) >= 11 is 0. The second-order valence-electron chi connectivity index (χ2n) is 7.04. The third-order valence-electron chi connectivity index (χ3n) is 5.20. The second kappa shape index (κ2) is 8.30. The van der Waals surface area contributed by atoms with Crippen molar-refractivity contribution in [2.75, 3.05) is 30.4 Å². The fourth-order valence-corrected chi connectivity index (χ4v) is 3.59. The number of para-hydroxylation sites is 2. The Bertz CT molecular complexity index is 1030. The van der Waals surface area contributed by atoms with Crippen molar-refractivity contribution in [1.82, 2.24) is 19.5 Å². The lowest BCUT2D eigenvalue weighted by Crippen LogP contribution is -2.42. The Morgan fingerprint density at radius 3 is 2.66 bits per heavy atom. The Hall–Kier alpha value is -3.42. The van der Waals surface area contributed by atoms with Crippen molar-refractivity contribution >= 4 is 11.6 Å². The number of nitrogens with one attached hydrogen (secondary N) is 1. The Morgan fingerprint density at radius 2 is 1.93 bits per heavy atom. The molecular formula is C21H24N6O2. The Balaban J connectivity index is 1.50. The van der Waals surface area contributed by atoms with E-state index in [0.29, 0.717) is 23.4 Å². The molecule has 0 saturated carbocycles. The van der Waals surface area contributed by atoms with E-state index in [1.54, 1.807) is 31.0 Å². The quantitative estimate of drug-likeness (QED) is 0.713. The predicted molar refractivity (Wildman–Crippen MR) is 112 cm³/mol. The van der Waals surface area contributed by atoms with Gasteiger partial charge in [0.05, 0.1) is 24.2 Å². The highest BCUT2D eigenvalue weighted by molar-refractivity contribution is 5.57. The molecule has 1 N–H and O–H groups in total. The molecule has 3 aromatic rings. The van der Waals surface area contributed by atoms with E-state index in [4.69, 9.17) is 9.72 Å². The molecule has 0 amide bonds. The van der Waals surface area contributed by atoms with Crippen molar-refractivity contribution in [1.29, 1.82) is 0 Å². The molecule has 1 saturated heterocycles. The molecule has 1 aliphatic rings. The zero-order chi connectivity index (χ0) is 20.2. The fourth-order valence-electron chi connectivity index (χ4n) is 3.59. The van der Waals surface area contributed by atoms with E-state index in [-0.39, 0.29) is 5.56 Å². The van der Waals surface area contributed by atoms with E-state index < -0.39 is 0 Å². The number of rotatable bonds is 5. The third kappa shape index (κ3) is 4.06. The van der Waals surface area contributed by atoms with E-state index in [1.165, 1.54) is 12.4 Å². The highest BCUT2D eigenvalue weighted by atomic mass is 16.5. The van der Waals surface area contributed by atoms with Crippen LogP contribution in [0.1, 0.15) is 12.8 Å². The first-order chi connectivity index (χ1) is 14.2. The zero-order valence-electron chi connectivity index (χ0n) is 16.6. The van der Waals surface area contributed by atoms with Crippen LogP contribution in [0, 0.1) is 0 Å². The number of hydrogen-bond donors (Lipinski definition) is 1. The second-order valence-corrected chi connectivity index (χ2v) is 7.04. The first kappa shape index (κ1) is 18.9. The van der Waals surface area contributed by atoms with Crippen molar-refractivity contribution in [3.8, 4) is 17.1 Å². The van der Waals surface area contributed by atoms with Crippen LogP contribution in [-0.4, -0.2) is 45.8 Å². The molecule has 4 rings (SSSR count). The molecule has 8 nitrogen and oxygen atoms in total. The molecule has 0 unspecified atom stereocenters. The number of methoxy groups -OCH3 is 1. The van der Waals surface area contributed by atoms with Crippen molar-refractivity contribution in [3.63, 3.8) is 0 Å². The SMILES string of the molecule is COc1ccccc1NC1CCN(c2nc(-c3ccncn3)cc(=O)n2C)CC1. The van der Waals surface area contributed by atoms with E-state index in [0.717, 1.165) is 37.4 Å². The molecule has 1 aromatic carbocycles. The topological polar surface area (TPSA) is 85.2 Å². The highest BCUT2D eigenvalue weighted by Gasteiger charge is 2.23. The van der Waals surface area contributed by atoms with Gasteiger partial charge < -0.3 is 15.0 Å². The molecule has 0 spiro atoms. The molecule has 0 aliphatic carbocycles. The van der Waals surface area contributed by atoms with Gasteiger partial charge in [0.1, 0.15) is 12.1 Å². The van der Waals surface area contributed by atoms with Crippen molar-refractivity contribution in [3.05, 3.63) is 59.3 Å². The van der Waals surface area contributed by atoms with Crippen LogP contribution in [0.2, 0.25) is 0 Å². The summed E-state index contributed by atoms with van der Waals surface area (Å²) in [5.74, 6) is 1.51. The fraction of sp³-hybridized carbons (Fsp3) is 0.333. The molecule has 1 fully saturated rings. The summed E-state index contributed by atoms with van der Waals surface area (Å²) in [6.45, 7) is 1.61. The number of piperidine rings is 1. The maximum absolute atomic E-state index is 12.5. The molecule has 2 aromatic heterocycles. The molecular weight excluding hydrogens is 368 g/mol. The molecule has 1 aliphatic heterocycles. The van der Waals surface area contributed by atoms with Gasteiger partial charge in [-0.05, 0) is 31.0 Å². The van der Waals surface area contributed by atoms with Crippen LogP contribution in [0.15, 0.2) is 53.7 Å². The lowest BCUT2D eigenvalue weighted by molar-refractivity contribution is 0.415. The maximum atomic E-state index is 12.5. The highest BCUT2D eigenvalue weighted by Crippen LogP contribution is 2.27. The van der Waals surface area contributed by atoms with E-state index in [9.17, 15) is 4.79 Å². The molecule has 0 radical (unpaired) electrons. The van der Waals surface area contributed by atoms with Crippen LogP contribution in [0.25, 0.3) is 11.4 Å². The van der Waals surface area contributed by atoms with Crippen LogP contribution in [0.4, 0.5) is 11.6 Å². The van der Waals surface area contributed by atoms with Crippen LogP contribution >= 0.6 is 0 Å². The van der Waals surface area contributed by atoms with Gasteiger partial charge >= 0.3 is 0 Å². The van der Waals surface area contributed by atoms with Crippen molar-refractivity contribution in [2.24, 2.45) is 7.05 Å². The predicted octanol–water partition coefficient (Wildman–Crippen LogP) is 2.33. The molecule has 3 heterocycles. The third-order valence-corrected chi connectivity index (χ3v) is 5.20. The zero-order valence-corrected chi connectivity index (χ0v) is 16.6. The molecule has 8 heteroatoms. The summed E-state index contributed by atoms with van der Waals surface area (Å²) in [5.41, 5.74) is 2.12. The number of anilines is 2. The molecule has 150 valence electrons. The van der Waals surface area contributed by atoms with Gasteiger partial charge in [0.2, 0.25) is 5.95 Å². The summed E-state index contributed by atoms with van der Waals surface area (Å²) in [6.07, 6.45) is 4.98. The van der Waals surface area contributed by atoms with Crippen LogP contribution in [0.5, 0.6) is 5.75 Å². The molecule has 29 heavy (non-hydrogen) atoms. The van der Waals surface area contributed by atoms with Crippen molar-refractivity contribution < 1.29 is 4.74 Å². The van der Waals surface area contributed by atoms with Crippen molar-refractivity contribution in [2.45, 2.75) is 18.9 Å². The maximum Gasteiger partial charge on any atom is 0.255 e. The minimum absolute atomic E-state index is 0.0992. The van der Waals surface area contributed by atoms with Gasteiger partial charge in [-0.1, -0.05) is 12.1 Å². The number of aromatic nitrogens is 4. The first-order valence-corrected chi connectivity index (χ1v) is 9.64. The van der Waals surface area contributed by atoms with E-state index in [2.05, 4.69) is 20.2 Å². The number of nitrogens with zero attached hydrogens (tertiary/aromatic N) is 5. The van der Waals surface area contributed by atoms with Crippen LogP contribution in [-0.2, 0) is 7.05 Å². The van der Waals surface area contributed by atoms with Gasteiger partial charge in [-0.15, -0.1) is 0 Å². The Labute approximate surface area is 169 Å². The standard InChI is InChI=1S/C21H24N6O2/c1-26-20(28)13-18(16-7-10-22-14-23-16)25-21(26)27-11-8-15(9-12-27)24-17-5-3-4-6-19(17)29-2/h3-7,10,13-15,24H,8-9,11-12H2,1-2H3. The summed E-state index contributed by atoms with van der Waals surface area (Å²) in [6, 6.07) is 11.6. The average molecular weight is 392 g/mol. The van der Waals surface area contributed by atoms with Crippen LogP contribution < -0.4 is 20.5 Å².